The minimum absolute atomic E-state index is 0.836. The van der Waals surface area contributed by atoms with E-state index in [9.17, 15) is 0 Å². The van der Waals surface area contributed by atoms with Gasteiger partial charge in [0.25, 0.3) is 0 Å². The maximum atomic E-state index is 4.31. The van der Waals surface area contributed by atoms with Gasteiger partial charge in [0.1, 0.15) is 5.82 Å². The van der Waals surface area contributed by atoms with E-state index in [2.05, 4.69) is 21.1 Å². The average molecular weight is 209 g/mol. The topological polar surface area (TPSA) is 29.0 Å². The van der Waals surface area contributed by atoms with Crippen LogP contribution in [0.15, 0.2) is 18.6 Å². The average Bonchev–Trinajstić information content (AvgIpc) is 2.30. The fourth-order valence-corrected chi connectivity index (χ4v) is 2.46. The fourth-order valence-electron chi connectivity index (χ4n) is 1.78. The molecule has 1 aromatic heterocycles. The van der Waals surface area contributed by atoms with E-state index in [4.69, 9.17) is 0 Å². The van der Waals surface area contributed by atoms with Gasteiger partial charge in [0.05, 0.1) is 6.20 Å². The standard InChI is InChI=1S/C10H15N3S/c1-14-9-2-6-13(7-3-9)10-8-11-4-5-12-10/h4-5,8-9H,2-3,6-7H2,1H3. The summed E-state index contributed by atoms with van der Waals surface area (Å²) in [7, 11) is 0. The molecule has 0 radical (unpaired) electrons. The quantitative estimate of drug-likeness (QED) is 0.743. The van der Waals surface area contributed by atoms with Crippen LogP contribution in [0.1, 0.15) is 12.8 Å². The first-order valence-corrected chi connectivity index (χ1v) is 6.22. The van der Waals surface area contributed by atoms with Crippen molar-refractivity contribution in [2.24, 2.45) is 0 Å². The van der Waals surface area contributed by atoms with Gasteiger partial charge in [-0.1, -0.05) is 0 Å². The zero-order chi connectivity index (χ0) is 9.80. The second-order valence-corrected chi connectivity index (χ2v) is 4.62. The molecule has 0 N–H and O–H groups in total. The predicted octanol–water partition coefficient (Wildman–Crippen LogP) is 1.81. The third-order valence-electron chi connectivity index (χ3n) is 2.65. The minimum atomic E-state index is 0.836. The Morgan fingerprint density at radius 2 is 2.14 bits per heavy atom. The lowest BCUT2D eigenvalue weighted by molar-refractivity contribution is 0.586. The van der Waals surface area contributed by atoms with Crippen LogP contribution in [0, 0.1) is 0 Å². The van der Waals surface area contributed by atoms with Crippen LogP contribution in [0.25, 0.3) is 0 Å². The predicted molar refractivity (Wildman–Crippen MR) is 60.8 cm³/mol. The fraction of sp³-hybridized carbons (Fsp3) is 0.600. The van der Waals surface area contributed by atoms with Crippen molar-refractivity contribution in [3.63, 3.8) is 0 Å². The molecule has 1 saturated heterocycles. The van der Waals surface area contributed by atoms with E-state index in [-0.39, 0.29) is 0 Å². The molecule has 2 rings (SSSR count). The molecule has 1 aromatic rings. The van der Waals surface area contributed by atoms with Crippen molar-refractivity contribution in [2.75, 3.05) is 24.2 Å². The normalized spacial score (nSPS) is 18.5. The summed E-state index contributed by atoms with van der Waals surface area (Å²) >= 11 is 1.98. The number of nitrogens with zero attached hydrogens (tertiary/aromatic N) is 3. The summed E-state index contributed by atoms with van der Waals surface area (Å²) in [5.74, 6) is 1.02. The van der Waals surface area contributed by atoms with Crippen LogP contribution in [0.5, 0.6) is 0 Å². The van der Waals surface area contributed by atoms with E-state index in [1.165, 1.54) is 12.8 Å². The third kappa shape index (κ3) is 2.18. The van der Waals surface area contributed by atoms with E-state index >= 15 is 0 Å². The molecule has 14 heavy (non-hydrogen) atoms. The molecule has 1 aliphatic rings. The van der Waals surface area contributed by atoms with Crippen LogP contribution < -0.4 is 4.90 Å². The van der Waals surface area contributed by atoms with Crippen LogP contribution >= 0.6 is 11.8 Å². The summed E-state index contributed by atoms with van der Waals surface area (Å²) in [5.41, 5.74) is 0. The second kappa shape index (κ2) is 4.64. The molecule has 0 saturated carbocycles. The molecule has 76 valence electrons. The maximum absolute atomic E-state index is 4.31. The van der Waals surface area contributed by atoms with Gasteiger partial charge in [0.15, 0.2) is 0 Å². The Kier molecular flexibility index (Phi) is 3.24. The Bertz CT molecular complexity index is 270. The molecule has 1 fully saturated rings. The molecular formula is C10H15N3S. The lowest BCUT2D eigenvalue weighted by Gasteiger charge is -2.31. The van der Waals surface area contributed by atoms with Gasteiger partial charge < -0.3 is 4.90 Å². The summed E-state index contributed by atoms with van der Waals surface area (Å²) in [5, 5.41) is 0.836. The largest absolute Gasteiger partial charge is 0.355 e. The Balaban J connectivity index is 1.96. The van der Waals surface area contributed by atoms with Crippen molar-refractivity contribution in [2.45, 2.75) is 18.1 Å². The summed E-state index contributed by atoms with van der Waals surface area (Å²) in [6, 6.07) is 0. The smallest absolute Gasteiger partial charge is 0.147 e. The number of anilines is 1. The Labute approximate surface area is 88.9 Å². The Morgan fingerprint density at radius 3 is 2.71 bits per heavy atom. The van der Waals surface area contributed by atoms with E-state index < -0.39 is 0 Å². The molecule has 0 atom stereocenters. The summed E-state index contributed by atoms with van der Waals surface area (Å²) < 4.78 is 0. The van der Waals surface area contributed by atoms with Crippen LogP contribution in [-0.4, -0.2) is 34.6 Å². The zero-order valence-corrected chi connectivity index (χ0v) is 9.20. The number of rotatable bonds is 2. The summed E-state index contributed by atoms with van der Waals surface area (Å²) in [6.45, 7) is 2.23. The van der Waals surface area contributed by atoms with Crippen LogP contribution in [-0.2, 0) is 0 Å². The van der Waals surface area contributed by atoms with E-state index in [0.29, 0.717) is 0 Å². The molecule has 0 aromatic carbocycles. The Morgan fingerprint density at radius 1 is 1.36 bits per heavy atom. The van der Waals surface area contributed by atoms with Crippen molar-refractivity contribution in [3.8, 4) is 0 Å². The molecule has 0 aliphatic carbocycles. The van der Waals surface area contributed by atoms with Crippen LogP contribution in [0.3, 0.4) is 0 Å². The first-order valence-electron chi connectivity index (χ1n) is 4.94. The molecule has 0 amide bonds. The monoisotopic (exact) mass is 209 g/mol. The van der Waals surface area contributed by atoms with Crippen LogP contribution in [0.2, 0.25) is 0 Å². The van der Waals surface area contributed by atoms with Gasteiger partial charge in [-0.3, -0.25) is 4.98 Å². The third-order valence-corrected chi connectivity index (χ3v) is 3.79. The highest BCUT2D eigenvalue weighted by atomic mass is 32.2. The lowest BCUT2D eigenvalue weighted by atomic mass is 10.1. The highest BCUT2D eigenvalue weighted by Gasteiger charge is 2.18. The molecule has 1 aliphatic heterocycles. The highest BCUT2D eigenvalue weighted by molar-refractivity contribution is 7.99. The van der Waals surface area contributed by atoms with E-state index in [1.54, 1.807) is 12.4 Å². The SMILES string of the molecule is CSC1CCN(c2cnccn2)CC1. The van der Waals surface area contributed by atoms with E-state index in [0.717, 1.165) is 24.2 Å². The number of aromatic nitrogens is 2. The minimum Gasteiger partial charge on any atom is -0.355 e. The second-order valence-electron chi connectivity index (χ2n) is 3.49. The summed E-state index contributed by atoms with van der Waals surface area (Å²) in [6.07, 6.45) is 10.0. The van der Waals surface area contributed by atoms with Gasteiger partial charge in [-0.15, -0.1) is 0 Å². The number of hydrogen-bond donors (Lipinski definition) is 0. The van der Waals surface area contributed by atoms with Gasteiger partial charge in [0, 0.05) is 30.7 Å². The number of hydrogen-bond acceptors (Lipinski definition) is 4. The van der Waals surface area contributed by atoms with Crippen molar-refractivity contribution in [1.29, 1.82) is 0 Å². The first-order chi connectivity index (χ1) is 6.90. The van der Waals surface area contributed by atoms with Crippen molar-refractivity contribution < 1.29 is 0 Å². The van der Waals surface area contributed by atoms with Crippen molar-refractivity contribution >= 4 is 17.6 Å². The van der Waals surface area contributed by atoms with Gasteiger partial charge in [0.2, 0.25) is 0 Å². The van der Waals surface area contributed by atoms with Gasteiger partial charge >= 0.3 is 0 Å². The van der Waals surface area contributed by atoms with Crippen molar-refractivity contribution in [1.82, 2.24) is 9.97 Å². The number of thioether (sulfide) groups is 1. The molecule has 2 heterocycles. The molecule has 3 nitrogen and oxygen atoms in total. The first kappa shape index (κ1) is 9.77. The zero-order valence-electron chi connectivity index (χ0n) is 8.39. The summed E-state index contributed by atoms with van der Waals surface area (Å²) in [4.78, 5) is 10.7. The molecule has 0 spiro atoms. The molecule has 0 unspecified atom stereocenters. The van der Waals surface area contributed by atoms with E-state index in [1.807, 2.05) is 18.0 Å². The molecule has 0 bridgehead atoms. The van der Waals surface area contributed by atoms with Gasteiger partial charge in [-0.2, -0.15) is 11.8 Å². The lowest BCUT2D eigenvalue weighted by Crippen LogP contribution is -2.35. The maximum Gasteiger partial charge on any atom is 0.147 e. The van der Waals surface area contributed by atoms with Crippen LogP contribution in [0.4, 0.5) is 5.82 Å². The molecule has 4 heteroatoms. The van der Waals surface area contributed by atoms with Gasteiger partial charge in [-0.25, -0.2) is 4.98 Å². The number of piperidine rings is 1. The molecular weight excluding hydrogens is 194 g/mol. The van der Waals surface area contributed by atoms with Crippen molar-refractivity contribution in [3.05, 3.63) is 18.6 Å². The highest BCUT2D eigenvalue weighted by Crippen LogP contribution is 2.23. The Hall–Kier alpha value is -0.770. The van der Waals surface area contributed by atoms with Gasteiger partial charge in [-0.05, 0) is 19.1 Å².